The summed E-state index contributed by atoms with van der Waals surface area (Å²) in [7, 11) is 1.80. The summed E-state index contributed by atoms with van der Waals surface area (Å²) in [5, 5.41) is 7.45. The number of rotatable bonds is 7. The molecule has 0 spiro atoms. The first kappa shape index (κ1) is 18.7. The van der Waals surface area contributed by atoms with Crippen LogP contribution in [0.1, 0.15) is 24.5 Å². The van der Waals surface area contributed by atoms with Gasteiger partial charge in [-0.05, 0) is 37.5 Å². The fraction of sp³-hybridized carbons (Fsp3) is 0.273. The topological polar surface area (TPSA) is 50.2 Å². The zero-order valence-electron chi connectivity index (χ0n) is 15.9. The molecule has 0 aliphatic rings. The number of aromatic nitrogens is 2. The maximum absolute atomic E-state index is 12.4. The highest BCUT2D eigenvalue weighted by Crippen LogP contribution is 2.10. The second kappa shape index (κ2) is 9.03. The number of carbonyl (C=O) groups is 1. The van der Waals surface area contributed by atoms with E-state index in [1.165, 1.54) is 5.56 Å². The molecule has 0 aliphatic heterocycles. The Morgan fingerprint density at radius 2 is 1.74 bits per heavy atom. The Morgan fingerprint density at radius 3 is 2.44 bits per heavy atom. The number of amides is 2. The van der Waals surface area contributed by atoms with Crippen LogP contribution in [0.4, 0.5) is 4.79 Å². The lowest BCUT2D eigenvalue weighted by Gasteiger charge is -2.21. The van der Waals surface area contributed by atoms with Gasteiger partial charge in [0.25, 0.3) is 0 Å². The van der Waals surface area contributed by atoms with Crippen LogP contribution in [0, 0.1) is 0 Å². The summed E-state index contributed by atoms with van der Waals surface area (Å²) in [6.07, 6.45) is 5.62. The van der Waals surface area contributed by atoms with Crippen LogP contribution in [0.5, 0.6) is 0 Å². The van der Waals surface area contributed by atoms with Crippen LogP contribution in [0.3, 0.4) is 0 Å². The first-order valence-electron chi connectivity index (χ1n) is 9.26. The Bertz CT molecular complexity index is 845. The third kappa shape index (κ3) is 5.45. The Balaban J connectivity index is 1.48. The SMILES string of the molecule is CC(CCc1ccccc1)NC(=O)N(C)Cc1cnn(-c2ccccc2)c1. The van der Waals surface area contributed by atoms with Crippen LogP contribution in [0.2, 0.25) is 0 Å². The molecule has 3 aromatic rings. The minimum absolute atomic E-state index is 0.0666. The number of aryl methyl sites for hydroxylation is 1. The first-order chi connectivity index (χ1) is 13.1. The minimum atomic E-state index is -0.0666. The summed E-state index contributed by atoms with van der Waals surface area (Å²) < 4.78 is 1.82. The normalized spacial score (nSPS) is 11.8. The van der Waals surface area contributed by atoms with Crippen molar-refractivity contribution < 1.29 is 4.79 Å². The molecule has 2 amide bonds. The monoisotopic (exact) mass is 362 g/mol. The van der Waals surface area contributed by atoms with Gasteiger partial charge >= 0.3 is 6.03 Å². The number of urea groups is 1. The van der Waals surface area contributed by atoms with Gasteiger partial charge in [-0.2, -0.15) is 5.10 Å². The zero-order chi connectivity index (χ0) is 19.1. The van der Waals surface area contributed by atoms with Gasteiger partial charge in [0, 0.05) is 24.8 Å². The van der Waals surface area contributed by atoms with Gasteiger partial charge in [-0.15, -0.1) is 0 Å². The van der Waals surface area contributed by atoms with Gasteiger partial charge in [-0.1, -0.05) is 48.5 Å². The van der Waals surface area contributed by atoms with E-state index in [4.69, 9.17) is 0 Å². The standard InChI is InChI=1S/C22H26N4O/c1-18(13-14-19-9-5-3-6-10-19)24-22(27)25(2)16-20-15-23-26(17-20)21-11-7-4-8-12-21/h3-12,15,17-18H,13-14,16H2,1-2H3,(H,24,27). The Morgan fingerprint density at radius 1 is 1.07 bits per heavy atom. The molecular formula is C22H26N4O. The molecule has 5 heteroatoms. The van der Waals surface area contributed by atoms with E-state index in [0.717, 1.165) is 24.1 Å². The molecule has 27 heavy (non-hydrogen) atoms. The van der Waals surface area contributed by atoms with Gasteiger partial charge in [0.15, 0.2) is 0 Å². The maximum Gasteiger partial charge on any atom is 0.317 e. The molecule has 0 bridgehead atoms. The number of benzene rings is 2. The molecule has 0 saturated carbocycles. The predicted molar refractivity (Wildman–Crippen MR) is 108 cm³/mol. The average molecular weight is 362 g/mol. The van der Waals surface area contributed by atoms with Crippen LogP contribution in [-0.2, 0) is 13.0 Å². The van der Waals surface area contributed by atoms with Crippen LogP contribution in [-0.4, -0.2) is 33.8 Å². The molecule has 1 unspecified atom stereocenters. The summed E-state index contributed by atoms with van der Waals surface area (Å²) in [6.45, 7) is 2.56. The maximum atomic E-state index is 12.4. The van der Waals surface area contributed by atoms with Crippen molar-refractivity contribution in [3.05, 3.63) is 84.2 Å². The van der Waals surface area contributed by atoms with E-state index in [1.54, 1.807) is 18.1 Å². The predicted octanol–water partition coefficient (Wildman–Crippen LogP) is 4.04. The molecule has 1 heterocycles. The van der Waals surface area contributed by atoms with Crippen molar-refractivity contribution in [3.8, 4) is 5.69 Å². The third-order valence-corrected chi connectivity index (χ3v) is 4.50. The Labute approximate surface area is 160 Å². The van der Waals surface area contributed by atoms with E-state index >= 15 is 0 Å². The Kier molecular flexibility index (Phi) is 6.26. The summed E-state index contributed by atoms with van der Waals surface area (Å²) in [5.74, 6) is 0. The molecule has 2 aromatic carbocycles. The van der Waals surface area contributed by atoms with Crippen molar-refractivity contribution >= 4 is 6.03 Å². The molecule has 0 fully saturated rings. The number of nitrogens with zero attached hydrogens (tertiary/aromatic N) is 3. The lowest BCUT2D eigenvalue weighted by atomic mass is 10.1. The molecule has 0 radical (unpaired) electrons. The van der Waals surface area contributed by atoms with Gasteiger partial charge in [0.05, 0.1) is 18.4 Å². The van der Waals surface area contributed by atoms with Crippen LogP contribution in [0.15, 0.2) is 73.1 Å². The lowest BCUT2D eigenvalue weighted by Crippen LogP contribution is -2.41. The van der Waals surface area contributed by atoms with E-state index in [1.807, 2.05) is 66.3 Å². The van der Waals surface area contributed by atoms with Gasteiger partial charge in [-0.3, -0.25) is 0 Å². The molecule has 3 rings (SSSR count). The fourth-order valence-corrected chi connectivity index (χ4v) is 2.93. The van der Waals surface area contributed by atoms with Gasteiger partial charge < -0.3 is 10.2 Å². The van der Waals surface area contributed by atoms with E-state index < -0.39 is 0 Å². The highest BCUT2D eigenvalue weighted by molar-refractivity contribution is 5.74. The number of hydrogen-bond acceptors (Lipinski definition) is 2. The molecule has 1 atom stereocenters. The summed E-state index contributed by atoms with van der Waals surface area (Å²) >= 11 is 0. The van der Waals surface area contributed by atoms with Crippen molar-refractivity contribution in [2.45, 2.75) is 32.4 Å². The number of para-hydroxylation sites is 1. The highest BCUT2D eigenvalue weighted by Gasteiger charge is 2.13. The van der Waals surface area contributed by atoms with Crippen molar-refractivity contribution in [3.63, 3.8) is 0 Å². The molecule has 0 saturated heterocycles. The van der Waals surface area contributed by atoms with Crippen molar-refractivity contribution in [2.24, 2.45) is 0 Å². The smallest absolute Gasteiger partial charge is 0.317 e. The van der Waals surface area contributed by atoms with E-state index in [-0.39, 0.29) is 12.1 Å². The van der Waals surface area contributed by atoms with Gasteiger partial charge in [0.1, 0.15) is 0 Å². The Hall–Kier alpha value is -3.08. The second-order valence-corrected chi connectivity index (χ2v) is 6.86. The van der Waals surface area contributed by atoms with E-state index in [2.05, 4.69) is 22.5 Å². The summed E-state index contributed by atoms with van der Waals surface area (Å²) in [6, 6.07) is 20.3. The largest absolute Gasteiger partial charge is 0.336 e. The first-order valence-corrected chi connectivity index (χ1v) is 9.26. The third-order valence-electron chi connectivity index (χ3n) is 4.50. The molecule has 5 nitrogen and oxygen atoms in total. The summed E-state index contributed by atoms with van der Waals surface area (Å²) in [4.78, 5) is 14.1. The van der Waals surface area contributed by atoms with Crippen LogP contribution >= 0.6 is 0 Å². The minimum Gasteiger partial charge on any atom is -0.336 e. The van der Waals surface area contributed by atoms with Gasteiger partial charge in [-0.25, -0.2) is 9.48 Å². The second-order valence-electron chi connectivity index (χ2n) is 6.86. The molecule has 1 aromatic heterocycles. The van der Waals surface area contributed by atoms with Crippen molar-refractivity contribution in [1.29, 1.82) is 0 Å². The number of nitrogens with one attached hydrogen (secondary N) is 1. The molecular weight excluding hydrogens is 336 g/mol. The van der Waals surface area contributed by atoms with Crippen LogP contribution < -0.4 is 5.32 Å². The van der Waals surface area contributed by atoms with E-state index in [0.29, 0.717) is 6.54 Å². The van der Waals surface area contributed by atoms with E-state index in [9.17, 15) is 4.79 Å². The molecule has 1 N–H and O–H groups in total. The number of hydrogen-bond donors (Lipinski definition) is 1. The lowest BCUT2D eigenvalue weighted by molar-refractivity contribution is 0.203. The molecule has 0 aliphatic carbocycles. The van der Waals surface area contributed by atoms with Crippen LogP contribution in [0.25, 0.3) is 5.69 Å². The zero-order valence-corrected chi connectivity index (χ0v) is 15.9. The van der Waals surface area contributed by atoms with Crippen molar-refractivity contribution in [2.75, 3.05) is 7.05 Å². The van der Waals surface area contributed by atoms with Crippen molar-refractivity contribution in [1.82, 2.24) is 20.0 Å². The number of carbonyl (C=O) groups excluding carboxylic acids is 1. The average Bonchev–Trinajstić information content (AvgIpc) is 3.16. The fourth-order valence-electron chi connectivity index (χ4n) is 2.93. The van der Waals surface area contributed by atoms with Gasteiger partial charge in [0.2, 0.25) is 0 Å². The quantitative estimate of drug-likeness (QED) is 0.690. The highest BCUT2D eigenvalue weighted by atomic mass is 16.2. The summed E-state index contributed by atoms with van der Waals surface area (Å²) in [5.41, 5.74) is 3.29. The molecule has 140 valence electrons.